The second-order valence-corrected chi connectivity index (χ2v) is 6.52. The van der Waals surface area contributed by atoms with Crippen molar-refractivity contribution >= 4 is 0 Å². The van der Waals surface area contributed by atoms with Crippen molar-refractivity contribution in [2.75, 3.05) is 0 Å². The van der Waals surface area contributed by atoms with Crippen LogP contribution in [0, 0.1) is 33.6 Å². The fraction of sp³-hybridized carbons (Fsp3) is 0.667. The number of hydrogen-bond acceptors (Lipinski definition) is 1. The predicted molar refractivity (Wildman–Crippen MR) is 83.5 cm³/mol. The van der Waals surface area contributed by atoms with Crippen molar-refractivity contribution in [3.63, 3.8) is 0 Å². The minimum Gasteiger partial charge on any atom is -0.324 e. The summed E-state index contributed by atoms with van der Waals surface area (Å²) in [4.78, 5) is 0. The first-order valence-electron chi connectivity index (χ1n) is 7.83. The summed E-state index contributed by atoms with van der Waals surface area (Å²) in [5.41, 5.74) is 13.6. The summed E-state index contributed by atoms with van der Waals surface area (Å²) >= 11 is 0. The van der Waals surface area contributed by atoms with Gasteiger partial charge in [-0.3, -0.25) is 0 Å². The molecule has 1 aromatic rings. The van der Waals surface area contributed by atoms with E-state index in [0.717, 1.165) is 5.92 Å². The summed E-state index contributed by atoms with van der Waals surface area (Å²) in [6.45, 7) is 8.88. The quantitative estimate of drug-likeness (QED) is 0.821. The Morgan fingerprint density at radius 2 is 1.53 bits per heavy atom. The molecule has 1 aliphatic carbocycles. The minimum absolute atomic E-state index is 0.224. The normalized spacial score (nSPS) is 18.6. The highest BCUT2D eigenvalue weighted by molar-refractivity contribution is 5.45. The highest BCUT2D eigenvalue weighted by atomic mass is 14.6. The second kappa shape index (κ2) is 6.09. The minimum atomic E-state index is 0.224. The van der Waals surface area contributed by atoms with Crippen LogP contribution in [0.25, 0.3) is 0 Å². The molecule has 0 amide bonds. The molecular weight excluding hydrogens is 230 g/mol. The van der Waals surface area contributed by atoms with Crippen LogP contribution < -0.4 is 5.73 Å². The molecule has 0 saturated heterocycles. The Morgan fingerprint density at radius 3 is 2.05 bits per heavy atom. The lowest BCUT2D eigenvalue weighted by molar-refractivity contribution is 0.318. The highest BCUT2D eigenvalue weighted by Gasteiger charge is 2.21. The summed E-state index contributed by atoms with van der Waals surface area (Å²) in [6.07, 6.45) is 8.18. The summed E-state index contributed by atoms with van der Waals surface area (Å²) in [6, 6.07) is 2.52. The maximum atomic E-state index is 6.57. The van der Waals surface area contributed by atoms with Gasteiger partial charge in [0, 0.05) is 6.04 Å². The van der Waals surface area contributed by atoms with Gasteiger partial charge in [-0.2, -0.15) is 0 Å². The maximum Gasteiger partial charge on any atom is 0.0302 e. The molecule has 1 nitrogen and oxygen atoms in total. The Balaban J connectivity index is 2.20. The number of hydrogen-bond donors (Lipinski definition) is 1. The van der Waals surface area contributed by atoms with Crippen LogP contribution in [0.3, 0.4) is 0 Å². The standard InChI is InChI=1S/C18H29N/c1-12-10-13(2)15(4)18(14(12)3)17(19)11-16-8-6-5-7-9-16/h10,16-17H,5-9,11,19H2,1-4H3. The summed E-state index contributed by atoms with van der Waals surface area (Å²) in [7, 11) is 0. The van der Waals surface area contributed by atoms with Gasteiger partial charge in [-0.1, -0.05) is 38.2 Å². The third kappa shape index (κ3) is 3.20. The zero-order valence-corrected chi connectivity index (χ0v) is 13.1. The topological polar surface area (TPSA) is 26.0 Å². The molecular formula is C18H29N. The van der Waals surface area contributed by atoms with Crippen LogP contribution in [0.4, 0.5) is 0 Å². The van der Waals surface area contributed by atoms with Gasteiger partial charge in [-0.15, -0.1) is 0 Å². The molecule has 1 heteroatoms. The van der Waals surface area contributed by atoms with Crippen molar-refractivity contribution < 1.29 is 0 Å². The molecule has 1 fully saturated rings. The third-order valence-electron chi connectivity index (χ3n) is 5.11. The van der Waals surface area contributed by atoms with Crippen LogP contribution in [0.5, 0.6) is 0 Å². The second-order valence-electron chi connectivity index (χ2n) is 6.52. The van der Waals surface area contributed by atoms with Crippen LogP contribution in [0.15, 0.2) is 6.07 Å². The summed E-state index contributed by atoms with van der Waals surface area (Å²) in [5.74, 6) is 0.850. The van der Waals surface area contributed by atoms with E-state index in [-0.39, 0.29) is 6.04 Å². The third-order valence-corrected chi connectivity index (χ3v) is 5.11. The molecule has 0 aliphatic heterocycles. The van der Waals surface area contributed by atoms with E-state index in [1.165, 1.54) is 66.3 Å². The van der Waals surface area contributed by atoms with Crippen molar-refractivity contribution in [3.05, 3.63) is 33.9 Å². The van der Waals surface area contributed by atoms with Gasteiger partial charge in [0.1, 0.15) is 0 Å². The zero-order valence-electron chi connectivity index (χ0n) is 13.1. The molecule has 2 N–H and O–H groups in total. The van der Waals surface area contributed by atoms with Crippen molar-refractivity contribution in [1.82, 2.24) is 0 Å². The van der Waals surface area contributed by atoms with E-state index in [0.29, 0.717) is 0 Å². The number of rotatable bonds is 3. The van der Waals surface area contributed by atoms with Crippen LogP contribution in [-0.4, -0.2) is 0 Å². The Hall–Kier alpha value is -0.820. The van der Waals surface area contributed by atoms with E-state index in [1.807, 2.05) is 0 Å². The average molecular weight is 259 g/mol. The summed E-state index contributed by atoms with van der Waals surface area (Å²) < 4.78 is 0. The van der Waals surface area contributed by atoms with Crippen LogP contribution in [0.1, 0.15) is 72.4 Å². The predicted octanol–water partition coefficient (Wildman–Crippen LogP) is 4.89. The molecule has 0 radical (unpaired) electrons. The molecule has 0 spiro atoms. The Morgan fingerprint density at radius 1 is 1.00 bits per heavy atom. The van der Waals surface area contributed by atoms with E-state index in [4.69, 9.17) is 5.73 Å². The van der Waals surface area contributed by atoms with E-state index in [9.17, 15) is 0 Å². The number of nitrogens with two attached hydrogens (primary N) is 1. The molecule has 2 rings (SSSR count). The molecule has 0 heterocycles. The van der Waals surface area contributed by atoms with Crippen LogP contribution in [-0.2, 0) is 0 Å². The van der Waals surface area contributed by atoms with Gasteiger partial charge >= 0.3 is 0 Å². The van der Waals surface area contributed by atoms with Crippen molar-refractivity contribution in [2.45, 2.75) is 72.3 Å². The van der Waals surface area contributed by atoms with E-state index in [2.05, 4.69) is 33.8 Å². The molecule has 0 aromatic heterocycles. The van der Waals surface area contributed by atoms with Gasteiger partial charge in [0.25, 0.3) is 0 Å². The lowest BCUT2D eigenvalue weighted by atomic mass is 9.81. The first-order chi connectivity index (χ1) is 9.00. The lowest BCUT2D eigenvalue weighted by Crippen LogP contribution is -2.20. The SMILES string of the molecule is Cc1cc(C)c(C)c(C(N)CC2CCCCC2)c1C. The van der Waals surface area contributed by atoms with Crippen molar-refractivity contribution in [2.24, 2.45) is 11.7 Å². The monoisotopic (exact) mass is 259 g/mol. The van der Waals surface area contributed by atoms with Crippen molar-refractivity contribution in [3.8, 4) is 0 Å². The smallest absolute Gasteiger partial charge is 0.0302 e. The molecule has 106 valence electrons. The Labute approximate surface area is 118 Å². The fourth-order valence-corrected chi connectivity index (χ4v) is 3.70. The lowest BCUT2D eigenvalue weighted by Gasteiger charge is -2.27. The fourth-order valence-electron chi connectivity index (χ4n) is 3.70. The van der Waals surface area contributed by atoms with Gasteiger partial charge in [-0.05, 0) is 67.9 Å². The van der Waals surface area contributed by atoms with Gasteiger partial charge in [-0.25, -0.2) is 0 Å². The zero-order chi connectivity index (χ0) is 14.0. The maximum absolute atomic E-state index is 6.57. The molecule has 0 bridgehead atoms. The van der Waals surface area contributed by atoms with Crippen LogP contribution in [0.2, 0.25) is 0 Å². The summed E-state index contributed by atoms with van der Waals surface area (Å²) in [5, 5.41) is 0. The molecule has 1 saturated carbocycles. The van der Waals surface area contributed by atoms with Gasteiger partial charge in [0.05, 0.1) is 0 Å². The first-order valence-corrected chi connectivity index (χ1v) is 7.83. The van der Waals surface area contributed by atoms with E-state index < -0.39 is 0 Å². The van der Waals surface area contributed by atoms with Crippen LogP contribution >= 0.6 is 0 Å². The largest absolute Gasteiger partial charge is 0.324 e. The Kier molecular flexibility index (Phi) is 4.67. The molecule has 1 aliphatic rings. The molecule has 1 atom stereocenters. The number of benzene rings is 1. The first kappa shape index (κ1) is 14.6. The number of aryl methyl sites for hydroxylation is 2. The Bertz CT molecular complexity index is 415. The van der Waals surface area contributed by atoms with Gasteiger partial charge < -0.3 is 5.73 Å². The average Bonchev–Trinajstić information content (AvgIpc) is 2.38. The molecule has 1 unspecified atom stereocenters. The van der Waals surface area contributed by atoms with Crippen molar-refractivity contribution in [1.29, 1.82) is 0 Å². The highest BCUT2D eigenvalue weighted by Crippen LogP contribution is 2.34. The van der Waals surface area contributed by atoms with Gasteiger partial charge in [0.2, 0.25) is 0 Å². The van der Waals surface area contributed by atoms with E-state index in [1.54, 1.807) is 0 Å². The van der Waals surface area contributed by atoms with E-state index >= 15 is 0 Å². The molecule has 1 aromatic carbocycles. The van der Waals surface area contributed by atoms with Gasteiger partial charge in [0.15, 0.2) is 0 Å². The molecule has 19 heavy (non-hydrogen) atoms.